The number of rotatable bonds is 11. The molecule has 0 radical (unpaired) electrons. The fraction of sp³-hybridized carbons (Fsp3) is 0.321. The van der Waals surface area contributed by atoms with Crippen LogP contribution in [-0.2, 0) is 17.7 Å². The van der Waals surface area contributed by atoms with Gasteiger partial charge in [0.15, 0.2) is 10.8 Å². The molecule has 0 unspecified atom stereocenters. The number of fused-ring (bicyclic) bond motifs is 1. The summed E-state index contributed by atoms with van der Waals surface area (Å²) in [7, 11) is 0. The molecule has 0 bridgehead atoms. The van der Waals surface area contributed by atoms with E-state index in [0.717, 1.165) is 65.6 Å². The van der Waals surface area contributed by atoms with Gasteiger partial charge >= 0.3 is 57.4 Å². The van der Waals surface area contributed by atoms with Gasteiger partial charge in [0.1, 0.15) is 5.82 Å². The van der Waals surface area contributed by atoms with Gasteiger partial charge in [-0.05, 0) is 36.6 Å². The van der Waals surface area contributed by atoms with Crippen molar-refractivity contribution < 1.29 is 60.9 Å². The van der Waals surface area contributed by atoms with E-state index in [9.17, 15) is 4.79 Å². The third-order valence-corrected chi connectivity index (χ3v) is 6.82. The minimum absolute atomic E-state index is 0. The van der Waals surface area contributed by atoms with Crippen LogP contribution in [0.1, 0.15) is 61.4 Å². The van der Waals surface area contributed by atoms with Gasteiger partial charge in [0, 0.05) is 23.6 Å². The van der Waals surface area contributed by atoms with Crippen molar-refractivity contribution in [2.45, 2.75) is 52.5 Å². The maximum atomic E-state index is 13.0. The molecule has 11 heteroatoms. The number of carbonyl (C=O) groups is 1. The molecular formula is C28H29ClKN7O2. The van der Waals surface area contributed by atoms with E-state index in [1.54, 1.807) is 0 Å². The molecule has 0 fully saturated rings. The van der Waals surface area contributed by atoms with Crippen LogP contribution in [0.5, 0.6) is 0 Å². The van der Waals surface area contributed by atoms with Crippen molar-refractivity contribution in [2.75, 3.05) is 6.61 Å². The van der Waals surface area contributed by atoms with Crippen molar-refractivity contribution in [3.05, 3.63) is 77.0 Å². The van der Waals surface area contributed by atoms with Gasteiger partial charge in [-0.2, -0.15) is 0 Å². The predicted octanol–water partition coefficient (Wildman–Crippen LogP) is 2.64. The van der Waals surface area contributed by atoms with Gasteiger partial charge in [-0.25, -0.2) is 14.9 Å². The number of hydrogen-bond donors (Lipinski definition) is 0. The first-order chi connectivity index (χ1) is 18.6. The second-order valence-corrected chi connectivity index (χ2v) is 9.46. The summed E-state index contributed by atoms with van der Waals surface area (Å²) >= 11 is 6.51. The summed E-state index contributed by atoms with van der Waals surface area (Å²) < 4.78 is 9.55. The number of nitrogens with zero attached hydrogens (tertiary/aromatic N) is 7. The summed E-state index contributed by atoms with van der Waals surface area (Å²) in [4.78, 5) is 17.6. The summed E-state index contributed by atoms with van der Waals surface area (Å²) in [5.74, 6) is 0.821. The Kier molecular flexibility index (Phi) is 10.5. The topological polar surface area (TPSA) is 102 Å². The van der Waals surface area contributed by atoms with E-state index in [-0.39, 0.29) is 56.5 Å². The van der Waals surface area contributed by atoms with Gasteiger partial charge in [0.25, 0.3) is 0 Å². The third kappa shape index (κ3) is 6.37. The molecule has 3 heterocycles. The minimum atomic E-state index is -0.436. The van der Waals surface area contributed by atoms with Crippen molar-refractivity contribution in [3.8, 4) is 17.1 Å². The van der Waals surface area contributed by atoms with E-state index in [4.69, 9.17) is 16.3 Å². The van der Waals surface area contributed by atoms with Crippen LogP contribution in [0.4, 0.5) is 0 Å². The Hall–Kier alpha value is -2.34. The number of imidazole rings is 1. The molecule has 0 N–H and O–H groups in total. The Bertz CT molecular complexity index is 1550. The molecule has 0 saturated heterocycles. The van der Waals surface area contributed by atoms with Gasteiger partial charge < -0.3 is 19.0 Å². The maximum Gasteiger partial charge on any atom is 1.00 e. The molecule has 0 spiro atoms. The van der Waals surface area contributed by atoms with Crippen LogP contribution in [-0.4, -0.2) is 42.1 Å². The monoisotopic (exact) mass is 569 g/mol. The summed E-state index contributed by atoms with van der Waals surface area (Å²) in [6.45, 7) is 4.99. The Morgan fingerprint density at radius 1 is 1.05 bits per heavy atom. The number of benzene rings is 2. The number of carbonyl (C=O) groups excluding carboxylic acids is 1. The van der Waals surface area contributed by atoms with Crippen molar-refractivity contribution in [1.29, 1.82) is 0 Å². The summed E-state index contributed by atoms with van der Waals surface area (Å²) in [5, 5.41) is 16.6. The van der Waals surface area contributed by atoms with Gasteiger partial charge in [0.2, 0.25) is 0 Å². The molecule has 0 atom stereocenters. The number of ether oxygens (including phenoxy) is 1. The van der Waals surface area contributed by atoms with E-state index in [0.29, 0.717) is 24.7 Å². The number of unbranched alkanes of at least 4 members (excludes halogenated alkanes) is 2. The molecule has 0 saturated carbocycles. The summed E-state index contributed by atoms with van der Waals surface area (Å²) in [6, 6.07) is 16.1. The van der Waals surface area contributed by atoms with Crippen molar-refractivity contribution in [2.24, 2.45) is 0 Å². The smallest absolute Gasteiger partial charge is 0.461 e. The number of tetrazole rings is 1. The number of para-hydroxylation sites is 1. The van der Waals surface area contributed by atoms with Crippen molar-refractivity contribution in [3.63, 3.8) is 0 Å². The standard InChI is InChI=1S/C28H29ClN7O2.K/c1-3-5-14-24-30-26(29)25(28(37)38-17-6-4-2)36(24)18-19-10-9-13-22-20(19)15-16-35(22)23-12-8-7-11-21(23)27-31-33-34-32-27;/h7-13,15-16H,3-6,14,17-18H2,1-2H3;/q-1;+1. The quantitative estimate of drug-likeness (QED) is 0.137. The first-order valence-corrected chi connectivity index (χ1v) is 13.3. The largest absolute Gasteiger partial charge is 1.00 e. The molecule has 0 aliphatic heterocycles. The molecule has 0 aliphatic carbocycles. The first-order valence-electron chi connectivity index (χ1n) is 12.9. The van der Waals surface area contributed by atoms with Gasteiger partial charge in [0.05, 0.1) is 30.2 Å². The number of halogens is 1. The predicted molar refractivity (Wildman–Crippen MR) is 146 cm³/mol. The molecule has 3 aromatic heterocycles. The van der Waals surface area contributed by atoms with Crippen LogP contribution in [0.25, 0.3) is 28.0 Å². The molecule has 0 aliphatic rings. The zero-order chi connectivity index (χ0) is 26.5. The second-order valence-electron chi connectivity index (χ2n) is 9.10. The molecule has 2 aromatic carbocycles. The van der Waals surface area contributed by atoms with Gasteiger partial charge in [-0.3, -0.25) is 10.4 Å². The molecule has 5 rings (SSSR count). The van der Waals surface area contributed by atoms with Gasteiger partial charge in [-0.1, -0.05) is 68.6 Å². The molecule has 196 valence electrons. The molecular weight excluding hydrogens is 541 g/mol. The fourth-order valence-corrected chi connectivity index (χ4v) is 4.89. The van der Waals surface area contributed by atoms with Crippen molar-refractivity contribution >= 4 is 28.5 Å². The molecule has 0 amide bonds. The molecule has 9 nitrogen and oxygen atoms in total. The number of esters is 1. The Balaban J connectivity index is 0.00000353. The minimum Gasteiger partial charge on any atom is -0.461 e. The number of aromatic nitrogens is 7. The van der Waals surface area contributed by atoms with Crippen LogP contribution in [0.2, 0.25) is 5.15 Å². The average Bonchev–Trinajstić information content (AvgIpc) is 3.67. The molecule has 39 heavy (non-hydrogen) atoms. The van der Waals surface area contributed by atoms with Crippen LogP contribution in [0.3, 0.4) is 0 Å². The Morgan fingerprint density at radius 3 is 2.64 bits per heavy atom. The first kappa shape index (κ1) is 29.6. The number of aryl methyl sites for hydroxylation is 1. The zero-order valence-electron chi connectivity index (χ0n) is 22.5. The van der Waals surface area contributed by atoms with E-state index < -0.39 is 5.97 Å². The normalized spacial score (nSPS) is 11.1. The zero-order valence-corrected chi connectivity index (χ0v) is 26.3. The maximum absolute atomic E-state index is 13.0. The number of hydrogen-bond acceptors (Lipinski definition) is 6. The van der Waals surface area contributed by atoms with Crippen molar-refractivity contribution in [1.82, 2.24) is 34.7 Å². The fourth-order valence-electron chi connectivity index (χ4n) is 4.61. The van der Waals surface area contributed by atoms with Crippen LogP contribution in [0, 0.1) is 0 Å². The van der Waals surface area contributed by atoms with Gasteiger partial charge in [-0.15, -0.1) is 0 Å². The average molecular weight is 570 g/mol. The Labute approximate surface area is 274 Å². The third-order valence-electron chi connectivity index (χ3n) is 6.56. The SMILES string of the molecule is CCCCOC(=O)c1c(Cl)nc(CCCC)n1Cc1cccc2c1ccn2-c1ccccc1-c1nn[n-]n1.[K+]. The van der Waals surface area contributed by atoms with E-state index in [1.165, 1.54) is 0 Å². The van der Waals surface area contributed by atoms with E-state index in [1.807, 2.05) is 41.1 Å². The molecule has 5 aromatic rings. The van der Waals surface area contributed by atoms with E-state index >= 15 is 0 Å². The summed E-state index contributed by atoms with van der Waals surface area (Å²) in [6.07, 6.45) is 6.45. The second kappa shape index (κ2) is 13.8. The summed E-state index contributed by atoms with van der Waals surface area (Å²) in [5.41, 5.74) is 4.12. The van der Waals surface area contributed by atoms with Crippen LogP contribution in [0.15, 0.2) is 54.7 Å². The van der Waals surface area contributed by atoms with Crippen LogP contribution < -0.4 is 56.6 Å². The van der Waals surface area contributed by atoms with Crippen LogP contribution >= 0.6 is 11.6 Å². The van der Waals surface area contributed by atoms with E-state index in [2.05, 4.69) is 62.2 Å². The Morgan fingerprint density at radius 2 is 1.87 bits per heavy atom.